The van der Waals surface area contributed by atoms with Crippen molar-refractivity contribution in [2.24, 2.45) is 0 Å². The first-order chi connectivity index (χ1) is 6.56. The Morgan fingerprint density at radius 1 is 1.64 bits per heavy atom. The van der Waals surface area contributed by atoms with Gasteiger partial charge < -0.3 is 0 Å². The molecule has 1 aromatic carbocycles. The van der Waals surface area contributed by atoms with Gasteiger partial charge in [-0.15, -0.1) is 0 Å². The zero-order valence-electron chi connectivity index (χ0n) is 7.45. The molecule has 0 aliphatic heterocycles. The van der Waals surface area contributed by atoms with Gasteiger partial charge in [0.1, 0.15) is 5.02 Å². The summed E-state index contributed by atoms with van der Waals surface area (Å²) in [5, 5.41) is 19.1. The maximum atomic E-state index is 10.5. The molecule has 0 aliphatic carbocycles. The van der Waals surface area contributed by atoms with Crippen LogP contribution in [0, 0.1) is 28.4 Å². The molecule has 0 unspecified atom stereocenters. The van der Waals surface area contributed by atoms with Gasteiger partial charge in [-0.3, -0.25) is 10.1 Å². The Hall–Kier alpha value is -1.60. The van der Waals surface area contributed by atoms with Crippen LogP contribution in [0.3, 0.4) is 0 Å². The molecule has 0 atom stereocenters. The second kappa shape index (κ2) is 4.07. The van der Waals surface area contributed by atoms with E-state index in [2.05, 4.69) is 0 Å². The van der Waals surface area contributed by atoms with Crippen molar-refractivity contribution in [3.05, 3.63) is 38.4 Å². The predicted molar refractivity (Wildman–Crippen MR) is 52.2 cm³/mol. The van der Waals surface area contributed by atoms with Crippen molar-refractivity contribution in [1.82, 2.24) is 0 Å². The molecule has 4 nitrogen and oxygen atoms in total. The third kappa shape index (κ3) is 2.01. The molecular weight excluding hydrogens is 204 g/mol. The van der Waals surface area contributed by atoms with E-state index in [4.69, 9.17) is 16.9 Å². The number of aryl methyl sites for hydroxylation is 1. The van der Waals surface area contributed by atoms with E-state index >= 15 is 0 Å². The first-order valence-corrected chi connectivity index (χ1v) is 4.24. The van der Waals surface area contributed by atoms with Gasteiger partial charge in [0, 0.05) is 6.07 Å². The summed E-state index contributed by atoms with van der Waals surface area (Å²) < 4.78 is 0. The molecule has 1 aromatic rings. The number of nitrogens with zero attached hydrogens (tertiary/aromatic N) is 2. The highest BCUT2D eigenvalue weighted by molar-refractivity contribution is 6.32. The van der Waals surface area contributed by atoms with Crippen LogP contribution in [0.2, 0.25) is 5.02 Å². The Morgan fingerprint density at radius 2 is 2.29 bits per heavy atom. The number of nitriles is 1. The van der Waals surface area contributed by atoms with Crippen LogP contribution >= 0.6 is 11.6 Å². The summed E-state index contributed by atoms with van der Waals surface area (Å²) in [6.45, 7) is 1.72. The maximum absolute atomic E-state index is 10.5. The summed E-state index contributed by atoms with van der Waals surface area (Å²) in [6, 6.07) is 4.83. The highest BCUT2D eigenvalue weighted by atomic mass is 35.5. The molecule has 0 spiro atoms. The lowest BCUT2D eigenvalue weighted by atomic mass is 10.1. The van der Waals surface area contributed by atoms with Crippen LogP contribution in [-0.2, 0) is 6.42 Å². The van der Waals surface area contributed by atoms with Gasteiger partial charge in [-0.25, -0.2) is 0 Å². The Kier molecular flexibility index (Phi) is 3.05. The van der Waals surface area contributed by atoms with Crippen molar-refractivity contribution in [1.29, 1.82) is 5.26 Å². The lowest BCUT2D eigenvalue weighted by molar-refractivity contribution is -0.384. The van der Waals surface area contributed by atoms with Gasteiger partial charge in [0.15, 0.2) is 0 Å². The van der Waals surface area contributed by atoms with Crippen LogP contribution in [0.15, 0.2) is 12.1 Å². The Morgan fingerprint density at radius 3 is 2.79 bits per heavy atom. The third-order valence-electron chi connectivity index (χ3n) is 1.87. The number of hydrogen-bond donors (Lipinski definition) is 0. The SMILES string of the molecule is Cc1cc([N+](=O)[O-])c(Cl)cc1CC#N. The summed E-state index contributed by atoms with van der Waals surface area (Å²) in [5.74, 6) is 0. The molecule has 0 amide bonds. The average molecular weight is 211 g/mol. The second-order valence-electron chi connectivity index (χ2n) is 2.82. The summed E-state index contributed by atoms with van der Waals surface area (Å²) in [5.41, 5.74) is 1.32. The molecule has 5 heteroatoms. The van der Waals surface area contributed by atoms with Gasteiger partial charge >= 0.3 is 0 Å². The van der Waals surface area contributed by atoms with Gasteiger partial charge in [0.05, 0.1) is 17.4 Å². The Bertz CT molecular complexity index is 424. The van der Waals surface area contributed by atoms with E-state index in [1.54, 1.807) is 6.92 Å². The highest BCUT2D eigenvalue weighted by Crippen LogP contribution is 2.27. The first-order valence-electron chi connectivity index (χ1n) is 3.86. The monoisotopic (exact) mass is 210 g/mol. The van der Waals surface area contributed by atoms with Crippen LogP contribution in [0.4, 0.5) is 5.69 Å². The van der Waals surface area contributed by atoms with Crippen LogP contribution in [-0.4, -0.2) is 4.92 Å². The first kappa shape index (κ1) is 10.5. The van der Waals surface area contributed by atoms with Gasteiger partial charge in [0.2, 0.25) is 0 Å². The topological polar surface area (TPSA) is 66.9 Å². The quantitative estimate of drug-likeness (QED) is 0.557. The molecule has 0 aromatic heterocycles. The largest absolute Gasteiger partial charge is 0.288 e. The Labute approximate surface area is 85.9 Å². The van der Waals surface area contributed by atoms with E-state index in [1.807, 2.05) is 6.07 Å². The lowest BCUT2D eigenvalue weighted by Crippen LogP contribution is -1.94. The van der Waals surface area contributed by atoms with Crippen molar-refractivity contribution >= 4 is 17.3 Å². The third-order valence-corrected chi connectivity index (χ3v) is 2.17. The summed E-state index contributed by atoms with van der Waals surface area (Å²) in [6.07, 6.45) is 0.212. The van der Waals surface area contributed by atoms with Gasteiger partial charge in [0.25, 0.3) is 5.69 Å². The molecule has 14 heavy (non-hydrogen) atoms. The number of halogens is 1. The van der Waals surface area contributed by atoms with Crippen molar-refractivity contribution in [3.8, 4) is 6.07 Å². The van der Waals surface area contributed by atoms with E-state index in [9.17, 15) is 10.1 Å². The standard InChI is InChI=1S/C9H7ClN2O2/c1-6-4-9(12(13)14)8(10)5-7(6)2-3-11/h4-5H,2H2,1H3. The Balaban J connectivity index is 3.25. The fraction of sp³-hybridized carbons (Fsp3) is 0.222. The number of benzene rings is 1. The lowest BCUT2D eigenvalue weighted by Gasteiger charge is -2.02. The van der Waals surface area contributed by atoms with Crippen LogP contribution in [0.1, 0.15) is 11.1 Å². The van der Waals surface area contributed by atoms with E-state index in [0.717, 1.165) is 5.56 Å². The van der Waals surface area contributed by atoms with E-state index < -0.39 is 4.92 Å². The predicted octanol–water partition coefficient (Wildman–Crippen LogP) is 2.62. The van der Waals surface area contributed by atoms with Crippen LogP contribution < -0.4 is 0 Å². The summed E-state index contributed by atoms with van der Waals surface area (Å²) in [7, 11) is 0. The van der Waals surface area contributed by atoms with Crippen molar-refractivity contribution in [2.75, 3.05) is 0 Å². The van der Waals surface area contributed by atoms with Crippen molar-refractivity contribution < 1.29 is 4.92 Å². The summed E-state index contributed by atoms with van der Waals surface area (Å²) in [4.78, 5) is 9.96. The van der Waals surface area contributed by atoms with Gasteiger partial charge in [-0.05, 0) is 24.1 Å². The maximum Gasteiger partial charge on any atom is 0.288 e. The van der Waals surface area contributed by atoms with E-state index in [0.29, 0.717) is 5.56 Å². The summed E-state index contributed by atoms with van der Waals surface area (Å²) >= 11 is 5.68. The fourth-order valence-corrected chi connectivity index (χ4v) is 1.38. The molecule has 0 saturated heterocycles. The molecule has 0 N–H and O–H groups in total. The van der Waals surface area contributed by atoms with Gasteiger partial charge in [-0.1, -0.05) is 11.6 Å². The molecule has 0 radical (unpaired) electrons. The highest BCUT2D eigenvalue weighted by Gasteiger charge is 2.14. The second-order valence-corrected chi connectivity index (χ2v) is 3.23. The molecule has 0 saturated carbocycles. The minimum absolute atomic E-state index is 0.0749. The number of rotatable bonds is 2. The molecular formula is C9H7ClN2O2. The number of nitro groups is 1. The molecule has 72 valence electrons. The molecule has 0 fully saturated rings. The molecule has 1 rings (SSSR count). The number of nitro benzene ring substituents is 1. The average Bonchev–Trinajstić information content (AvgIpc) is 2.10. The minimum Gasteiger partial charge on any atom is -0.258 e. The van der Waals surface area contributed by atoms with Crippen molar-refractivity contribution in [3.63, 3.8) is 0 Å². The van der Waals surface area contributed by atoms with E-state index in [-0.39, 0.29) is 17.1 Å². The van der Waals surface area contributed by atoms with Gasteiger partial charge in [-0.2, -0.15) is 5.26 Å². The van der Waals surface area contributed by atoms with E-state index in [1.165, 1.54) is 12.1 Å². The molecule has 0 aliphatic rings. The minimum atomic E-state index is -0.536. The zero-order valence-corrected chi connectivity index (χ0v) is 8.21. The van der Waals surface area contributed by atoms with Crippen LogP contribution in [0.25, 0.3) is 0 Å². The van der Waals surface area contributed by atoms with Crippen LogP contribution in [0.5, 0.6) is 0 Å². The smallest absolute Gasteiger partial charge is 0.258 e. The molecule has 0 heterocycles. The molecule has 0 bridgehead atoms. The zero-order chi connectivity index (χ0) is 10.7. The normalized spacial score (nSPS) is 9.50. The number of hydrogen-bond acceptors (Lipinski definition) is 3. The van der Waals surface area contributed by atoms with Crippen molar-refractivity contribution in [2.45, 2.75) is 13.3 Å². The fourth-order valence-electron chi connectivity index (χ4n) is 1.12.